The lowest BCUT2D eigenvalue weighted by Gasteiger charge is -2.29. The normalized spacial score (nSPS) is 29.5. The maximum absolute atomic E-state index is 11.9. The third-order valence-corrected chi connectivity index (χ3v) is 3.78. The van der Waals surface area contributed by atoms with Gasteiger partial charge in [0, 0.05) is 19.6 Å². The SMILES string of the molecule is CN(CC1(O)CCNC1)C(=O)NC1CCCC1. The van der Waals surface area contributed by atoms with E-state index in [4.69, 9.17) is 0 Å². The third kappa shape index (κ3) is 3.33. The summed E-state index contributed by atoms with van der Waals surface area (Å²) in [4.78, 5) is 13.5. The van der Waals surface area contributed by atoms with Crippen molar-refractivity contribution in [2.45, 2.75) is 43.7 Å². The molecule has 98 valence electrons. The van der Waals surface area contributed by atoms with Crippen LogP contribution in [-0.4, -0.2) is 54.4 Å². The molecule has 1 saturated carbocycles. The number of carbonyl (C=O) groups is 1. The summed E-state index contributed by atoms with van der Waals surface area (Å²) in [5.41, 5.74) is -0.748. The number of carbonyl (C=O) groups excluding carboxylic acids is 1. The molecule has 1 unspecified atom stereocenters. The molecule has 0 aromatic carbocycles. The van der Waals surface area contributed by atoms with Crippen molar-refractivity contribution in [1.82, 2.24) is 15.5 Å². The van der Waals surface area contributed by atoms with Crippen LogP contribution in [0.4, 0.5) is 4.79 Å². The van der Waals surface area contributed by atoms with E-state index in [0.29, 0.717) is 25.6 Å². The first-order valence-electron chi connectivity index (χ1n) is 6.54. The van der Waals surface area contributed by atoms with Crippen LogP contribution in [-0.2, 0) is 0 Å². The second-order valence-electron chi connectivity index (χ2n) is 5.44. The van der Waals surface area contributed by atoms with E-state index < -0.39 is 5.60 Å². The van der Waals surface area contributed by atoms with Crippen molar-refractivity contribution in [3.63, 3.8) is 0 Å². The van der Waals surface area contributed by atoms with Crippen molar-refractivity contribution < 1.29 is 9.90 Å². The molecule has 1 heterocycles. The van der Waals surface area contributed by atoms with Gasteiger partial charge in [-0.15, -0.1) is 0 Å². The molecule has 2 rings (SSSR count). The number of urea groups is 1. The molecular formula is C12H23N3O2. The molecule has 5 nitrogen and oxygen atoms in total. The van der Waals surface area contributed by atoms with Gasteiger partial charge in [-0.1, -0.05) is 12.8 Å². The molecule has 3 N–H and O–H groups in total. The first-order valence-corrected chi connectivity index (χ1v) is 6.54. The van der Waals surface area contributed by atoms with Gasteiger partial charge in [-0.3, -0.25) is 0 Å². The zero-order valence-electron chi connectivity index (χ0n) is 10.5. The van der Waals surface area contributed by atoms with Crippen molar-refractivity contribution in [3.05, 3.63) is 0 Å². The number of aliphatic hydroxyl groups is 1. The number of nitrogens with one attached hydrogen (secondary N) is 2. The van der Waals surface area contributed by atoms with E-state index in [2.05, 4.69) is 10.6 Å². The zero-order chi connectivity index (χ0) is 12.3. The van der Waals surface area contributed by atoms with E-state index in [1.807, 2.05) is 0 Å². The fourth-order valence-corrected chi connectivity index (χ4v) is 2.73. The molecule has 1 aliphatic heterocycles. The Morgan fingerprint density at radius 1 is 1.53 bits per heavy atom. The zero-order valence-corrected chi connectivity index (χ0v) is 10.5. The van der Waals surface area contributed by atoms with E-state index in [-0.39, 0.29) is 6.03 Å². The molecular weight excluding hydrogens is 218 g/mol. The van der Waals surface area contributed by atoms with Gasteiger partial charge in [-0.05, 0) is 25.8 Å². The summed E-state index contributed by atoms with van der Waals surface area (Å²) in [6, 6.07) is 0.276. The van der Waals surface area contributed by atoms with Gasteiger partial charge in [0.25, 0.3) is 0 Å². The topological polar surface area (TPSA) is 64.6 Å². The Bertz CT molecular complexity index is 271. The molecule has 0 radical (unpaired) electrons. The lowest BCUT2D eigenvalue weighted by molar-refractivity contribution is 0.0365. The highest BCUT2D eigenvalue weighted by Crippen LogP contribution is 2.19. The lowest BCUT2D eigenvalue weighted by atomic mass is 10.0. The summed E-state index contributed by atoms with van der Waals surface area (Å²) in [6.45, 7) is 1.81. The first kappa shape index (κ1) is 12.6. The second kappa shape index (κ2) is 5.23. The minimum atomic E-state index is -0.748. The Balaban J connectivity index is 1.78. The van der Waals surface area contributed by atoms with Crippen LogP contribution in [0.3, 0.4) is 0 Å². The Labute approximate surface area is 103 Å². The van der Waals surface area contributed by atoms with Gasteiger partial charge in [-0.25, -0.2) is 4.79 Å². The van der Waals surface area contributed by atoms with Gasteiger partial charge < -0.3 is 20.6 Å². The van der Waals surface area contributed by atoms with Gasteiger partial charge in [0.2, 0.25) is 0 Å². The largest absolute Gasteiger partial charge is 0.387 e. The van der Waals surface area contributed by atoms with Crippen LogP contribution in [0, 0.1) is 0 Å². The van der Waals surface area contributed by atoms with E-state index in [9.17, 15) is 9.90 Å². The molecule has 0 aromatic heterocycles. The first-order chi connectivity index (χ1) is 8.09. The van der Waals surface area contributed by atoms with Crippen molar-refractivity contribution >= 4 is 6.03 Å². The molecule has 17 heavy (non-hydrogen) atoms. The Morgan fingerprint density at radius 3 is 2.82 bits per heavy atom. The van der Waals surface area contributed by atoms with E-state index in [1.165, 1.54) is 12.8 Å². The Hall–Kier alpha value is -0.810. The van der Waals surface area contributed by atoms with Gasteiger partial charge in [0.1, 0.15) is 0 Å². The monoisotopic (exact) mass is 241 g/mol. The smallest absolute Gasteiger partial charge is 0.317 e. The van der Waals surface area contributed by atoms with Crippen molar-refractivity contribution in [1.29, 1.82) is 0 Å². The summed E-state index contributed by atoms with van der Waals surface area (Å²) in [5, 5.41) is 16.3. The molecule has 0 aromatic rings. The maximum atomic E-state index is 11.9. The highest BCUT2D eigenvalue weighted by atomic mass is 16.3. The summed E-state index contributed by atoms with van der Waals surface area (Å²) in [7, 11) is 1.75. The molecule has 2 aliphatic rings. The van der Waals surface area contributed by atoms with E-state index in [0.717, 1.165) is 19.4 Å². The van der Waals surface area contributed by atoms with Gasteiger partial charge >= 0.3 is 6.03 Å². The number of hydrogen-bond donors (Lipinski definition) is 3. The molecule has 1 saturated heterocycles. The van der Waals surface area contributed by atoms with Crippen LogP contribution in [0.25, 0.3) is 0 Å². The quantitative estimate of drug-likeness (QED) is 0.665. The molecule has 2 fully saturated rings. The summed E-state index contributed by atoms with van der Waals surface area (Å²) in [6.07, 6.45) is 5.32. The number of nitrogens with zero attached hydrogens (tertiary/aromatic N) is 1. The summed E-state index contributed by atoms with van der Waals surface area (Å²) < 4.78 is 0. The average Bonchev–Trinajstić information content (AvgIpc) is 2.90. The minimum absolute atomic E-state index is 0.0581. The van der Waals surface area contributed by atoms with Crippen LogP contribution in [0.1, 0.15) is 32.1 Å². The number of amides is 2. The number of likely N-dealkylation sites (N-methyl/N-ethyl adjacent to an activating group) is 1. The minimum Gasteiger partial charge on any atom is -0.387 e. The van der Waals surface area contributed by atoms with Crippen molar-refractivity contribution in [2.75, 3.05) is 26.7 Å². The predicted octanol–water partition coefficient (Wildman–Crippen LogP) is 0.295. The highest BCUT2D eigenvalue weighted by Gasteiger charge is 2.33. The highest BCUT2D eigenvalue weighted by molar-refractivity contribution is 5.74. The van der Waals surface area contributed by atoms with Crippen LogP contribution in [0.2, 0.25) is 0 Å². The fraction of sp³-hybridized carbons (Fsp3) is 0.917. The van der Waals surface area contributed by atoms with Crippen molar-refractivity contribution in [2.24, 2.45) is 0 Å². The fourth-order valence-electron chi connectivity index (χ4n) is 2.73. The standard InChI is InChI=1S/C12H23N3O2/c1-15(9-12(17)6-7-13-8-12)11(16)14-10-4-2-3-5-10/h10,13,17H,2-9H2,1H3,(H,14,16). The van der Waals surface area contributed by atoms with Crippen LogP contribution in [0.5, 0.6) is 0 Å². The Morgan fingerprint density at radius 2 is 2.24 bits per heavy atom. The van der Waals surface area contributed by atoms with Gasteiger partial charge in [0.05, 0.1) is 12.1 Å². The lowest BCUT2D eigenvalue weighted by Crippen LogP contribution is -2.50. The number of rotatable bonds is 3. The summed E-state index contributed by atoms with van der Waals surface area (Å²) >= 11 is 0. The number of β-amino-alcohol motifs (C(OH)–C–C–N with tert-alkyl or cyclic N) is 1. The predicted molar refractivity (Wildman–Crippen MR) is 65.9 cm³/mol. The van der Waals surface area contributed by atoms with E-state index >= 15 is 0 Å². The molecule has 2 amide bonds. The van der Waals surface area contributed by atoms with Crippen LogP contribution < -0.4 is 10.6 Å². The molecule has 0 spiro atoms. The molecule has 0 bridgehead atoms. The molecule has 1 atom stereocenters. The van der Waals surface area contributed by atoms with Gasteiger partial charge in [0.15, 0.2) is 0 Å². The van der Waals surface area contributed by atoms with Crippen LogP contribution >= 0.6 is 0 Å². The average molecular weight is 241 g/mol. The third-order valence-electron chi connectivity index (χ3n) is 3.78. The van der Waals surface area contributed by atoms with Gasteiger partial charge in [-0.2, -0.15) is 0 Å². The molecule has 5 heteroatoms. The Kier molecular flexibility index (Phi) is 3.89. The maximum Gasteiger partial charge on any atom is 0.317 e. The van der Waals surface area contributed by atoms with Crippen molar-refractivity contribution in [3.8, 4) is 0 Å². The van der Waals surface area contributed by atoms with E-state index in [1.54, 1.807) is 11.9 Å². The van der Waals surface area contributed by atoms with Crippen LogP contribution in [0.15, 0.2) is 0 Å². The number of hydrogen-bond acceptors (Lipinski definition) is 3. The molecule has 1 aliphatic carbocycles. The second-order valence-corrected chi connectivity index (χ2v) is 5.44. The summed E-state index contributed by atoms with van der Waals surface area (Å²) in [5.74, 6) is 0.